The van der Waals surface area contributed by atoms with Gasteiger partial charge in [0.15, 0.2) is 5.16 Å². The summed E-state index contributed by atoms with van der Waals surface area (Å²) < 4.78 is 0. The number of aryl methyl sites for hydroxylation is 1. The molecule has 2 aromatic rings. The summed E-state index contributed by atoms with van der Waals surface area (Å²) in [5.74, 6) is 0.180. The van der Waals surface area contributed by atoms with E-state index in [2.05, 4.69) is 20.3 Å². The first kappa shape index (κ1) is 14.6. The second-order valence-electron chi connectivity index (χ2n) is 4.75. The molecule has 0 aliphatic heterocycles. The summed E-state index contributed by atoms with van der Waals surface area (Å²) in [6.45, 7) is 5.84. The van der Waals surface area contributed by atoms with Crippen LogP contribution in [0.4, 0.5) is 0 Å². The highest BCUT2D eigenvalue weighted by atomic mass is 32.2. The van der Waals surface area contributed by atoms with Gasteiger partial charge in [-0.1, -0.05) is 18.7 Å². The molecule has 0 saturated carbocycles. The van der Waals surface area contributed by atoms with Crippen LogP contribution in [0.15, 0.2) is 16.0 Å². The second-order valence-corrected chi connectivity index (χ2v) is 5.71. The van der Waals surface area contributed by atoms with Crippen molar-refractivity contribution in [3.8, 4) is 0 Å². The molecule has 1 atom stereocenters. The summed E-state index contributed by atoms with van der Waals surface area (Å²) in [7, 11) is 0. The Bertz CT molecular complexity index is 677. The first-order valence-electron chi connectivity index (χ1n) is 6.51. The van der Waals surface area contributed by atoms with Gasteiger partial charge in [0.25, 0.3) is 5.56 Å². The Hall–Kier alpha value is -1.76. The molecule has 2 heterocycles. The number of nitrogens with zero attached hydrogens (tertiary/aromatic N) is 1. The van der Waals surface area contributed by atoms with E-state index in [1.807, 2.05) is 26.8 Å². The van der Waals surface area contributed by atoms with E-state index in [9.17, 15) is 9.59 Å². The topological polar surface area (TPSA) is 90.6 Å². The number of carbonyl (C=O) groups excluding carboxylic acids is 1. The molecule has 0 aliphatic rings. The number of hydrogen-bond acceptors (Lipinski definition) is 4. The monoisotopic (exact) mass is 294 g/mol. The van der Waals surface area contributed by atoms with E-state index in [1.165, 1.54) is 11.8 Å². The number of H-pyrrole nitrogens is 2. The molecule has 0 radical (unpaired) electrons. The van der Waals surface area contributed by atoms with Crippen LogP contribution in [0.5, 0.6) is 0 Å². The van der Waals surface area contributed by atoms with E-state index in [-0.39, 0.29) is 23.3 Å². The molecule has 0 aliphatic carbocycles. The van der Waals surface area contributed by atoms with Crippen LogP contribution in [0.2, 0.25) is 0 Å². The lowest BCUT2D eigenvalue weighted by Crippen LogP contribution is -2.33. The van der Waals surface area contributed by atoms with Crippen molar-refractivity contribution in [2.24, 2.45) is 0 Å². The molecular weight excluding hydrogens is 276 g/mol. The van der Waals surface area contributed by atoms with Gasteiger partial charge in [-0.05, 0) is 26.3 Å². The largest absolute Gasteiger partial charge is 0.353 e. The summed E-state index contributed by atoms with van der Waals surface area (Å²) in [6, 6.07) is 1.97. The number of rotatable bonds is 5. The van der Waals surface area contributed by atoms with E-state index in [0.29, 0.717) is 16.2 Å². The second kappa shape index (κ2) is 6.13. The third kappa shape index (κ3) is 3.41. The summed E-state index contributed by atoms with van der Waals surface area (Å²) in [5.41, 5.74) is 1.76. The highest BCUT2D eigenvalue weighted by Crippen LogP contribution is 2.15. The van der Waals surface area contributed by atoms with Crippen LogP contribution >= 0.6 is 11.8 Å². The molecular formula is C13H18N4O2S. The van der Waals surface area contributed by atoms with Crippen molar-refractivity contribution >= 4 is 28.7 Å². The van der Waals surface area contributed by atoms with Crippen molar-refractivity contribution in [3.05, 3.63) is 22.1 Å². The number of carbonyl (C=O) groups is 1. The lowest BCUT2D eigenvalue weighted by molar-refractivity contribution is -0.119. The van der Waals surface area contributed by atoms with Crippen molar-refractivity contribution < 1.29 is 4.79 Å². The highest BCUT2D eigenvalue weighted by molar-refractivity contribution is 7.99. The van der Waals surface area contributed by atoms with Gasteiger partial charge in [-0.15, -0.1) is 0 Å². The number of thioether (sulfide) groups is 1. The van der Waals surface area contributed by atoms with Crippen molar-refractivity contribution in [2.75, 3.05) is 5.75 Å². The number of aromatic nitrogens is 3. The van der Waals surface area contributed by atoms with Gasteiger partial charge in [0.05, 0.1) is 11.3 Å². The molecule has 0 fully saturated rings. The maximum Gasteiger partial charge on any atom is 0.275 e. The van der Waals surface area contributed by atoms with Gasteiger partial charge in [-0.25, -0.2) is 4.98 Å². The minimum Gasteiger partial charge on any atom is -0.353 e. The molecule has 0 bridgehead atoms. The number of hydrogen-bond donors (Lipinski definition) is 3. The Morgan fingerprint density at radius 3 is 2.95 bits per heavy atom. The standard InChI is InChI=1S/C13H18N4O2S/c1-4-7(2)14-10(18)6-20-13-16-9-5-8(3)15-11(9)12(19)17-13/h5,7,15H,4,6H2,1-3H3,(H,14,18)(H,16,17,19). The van der Waals surface area contributed by atoms with E-state index in [1.54, 1.807) is 0 Å². The Morgan fingerprint density at radius 2 is 2.25 bits per heavy atom. The van der Waals surface area contributed by atoms with Crippen LogP contribution < -0.4 is 10.9 Å². The van der Waals surface area contributed by atoms with Crippen molar-refractivity contribution in [2.45, 2.75) is 38.4 Å². The van der Waals surface area contributed by atoms with Crippen LogP contribution in [0, 0.1) is 6.92 Å². The molecule has 0 saturated heterocycles. The third-order valence-corrected chi connectivity index (χ3v) is 3.83. The summed E-state index contributed by atoms with van der Waals surface area (Å²) in [6.07, 6.45) is 0.889. The fraction of sp³-hybridized carbons (Fsp3) is 0.462. The van der Waals surface area contributed by atoms with E-state index >= 15 is 0 Å². The fourth-order valence-electron chi connectivity index (χ4n) is 1.75. The molecule has 20 heavy (non-hydrogen) atoms. The molecule has 1 unspecified atom stereocenters. The highest BCUT2D eigenvalue weighted by Gasteiger charge is 2.10. The van der Waals surface area contributed by atoms with Crippen LogP contribution in [-0.2, 0) is 4.79 Å². The van der Waals surface area contributed by atoms with Gasteiger partial charge < -0.3 is 10.3 Å². The number of amides is 1. The first-order valence-corrected chi connectivity index (χ1v) is 7.50. The molecule has 2 rings (SSSR count). The van der Waals surface area contributed by atoms with Gasteiger partial charge >= 0.3 is 0 Å². The Morgan fingerprint density at radius 1 is 1.50 bits per heavy atom. The van der Waals surface area contributed by atoms with Crippen molar-refractivity contribution in [1.82, 2.24) is 20.3 Å². The fourth-order valence-corrected chi connectivity index (χ4v) is 2.43. The predicted octanol–water partition coefficient (Wildman–Crippen LogP) is 1.57. The van der Waals surface area contributed by atoms with E-state index in [4.69, 9.17) is 0 Å². The lowest BCUT2D eigenvalue weighted by Gasteiger charge is -2.10. The van der Waals surface area contributed by atoms with Crippen LogP contribution in [0.1, 0.15) is 26.0 Å². The molecule has 108 valence electrons. The lowest BCUT2D eigenvalue weighted by atomic mass is 10.3. The minimum atomic E-state index is -0.215. The van der Waals surface area contributed by atoms with Gasteiger partial charge in [-0.3, -0.25) is 14.6 Å². The zero-order chi connectivity index (χ0) is 14.7. The number of fused-ring (bicyclic) bond motifs is 1. The summed E-state index contributed by atoms with van der Waals surface area (Å²) in [4.78, 5) is 33.5. The average molecular weight is 294 g/mol. The summed E-state index contributed by atoms with van der Waals surface area (Å²) >= 11 is 1.23. The maximum absolute atomic E-state index is 11.8. The molecule has 3 N–H and O–H groups in total. The van der Waals surface area contributed by atoms with Gasteiger partial charge in [0.1, 0.15) is 5.52 Å². The Balaban J connectivity index is 2.07. The SMILES string of the molecule is CCC(C)NC(=O)CSc1nc2cc(C)[nH]c2c(=O)[nH]1. The summed E-state index contributed by atoms with van der Waals surface area (Å²) in [5, 5.41) is 3.33. The number of aromatic amines is 2. The third-order valence-electron chi connectivity index (χ3n) is 2.96. The minimum absolute atomic E-state index is 0.0580. The predicted molar refractivity (Wildman–Crippen MR) is 80.1 cm³/mol. The molecule has 0 spiro atoms. The maximum atomic E-state index is 11.8. The van der Waals surface area contributed by atoms with E-state index < -0.39 is 0 Å². The normalized spacial score (nSPS) is 12.6. The van der Waals surface area contributed by atoms with Crippen LogP contribution in [0.3, 0.4) is 0 Å². The quantitative estimate of drug-likeness (QED) is 0.576. The molecule has 2 aromatic heterocycles. The van der Waals surface area contributed by atoms with Crippen LogP contribution in [0.25, 0.3) is 11.0 Å². The first-order chi connectivity index (χ1) is 9.49. The van der Waals surface area contributed by atoms with Gasteiger partial charge in [-0.2, -0.15) is 0 Å². The van der Waals surface area contributed by atoms with Crippen LogP contribution in [-0.4, -0.2) is 32.7 Å². The average Bonchev–Trinajstić information content (AvgIpc) is 2.77. The van der Waals surface area contributed by atoms with Gasteiger partial charge in [0, 0.05) is 11.7 Å². The molecule has 7 heteroatoms. The number of nitrogens with one attached hydrogen (secondary N) is 3. The van der Waals surface area contributed by atoms with Crippen molar-refractivity contribution in [3.63, 3.8) is 0 Å². The smallest absolute Gasteiger partial charge is 0.275 e. The van der Waals surface area contributed by atoms with E-state index in [0.717, 1.165) is 12.1 Å². The Labute approximate surface area is 120 Å². The zero-order valence-corrected chi connectivity index (χ0v) is 12.6. The van der Waals surface area contributed by atoms with Gasteiger partial charge in [0.2, 0.25) is 5.91 Å². The molecule has 1 amide bonds. The zero-order valence-electron chi connectivity index (χ0n) is 11.7. The molecule has 6 nitrogen and oxygen atoms in total. The van der Waals surface area contributed by atoms with Crippen molar-refractivity contribution in [1.29, 1.82) is 0 Å². The Kier molecular flexibility index (Phi) is 4.49. The molecule has 0 aromatic carbocycles.